The van der Waals surface area contributed by atoms with Gasteiger partial charge in [-0.3, -0.25) is 4.79 Å². The van der Waals surface area contributed by atoms with Gasteiger partial charge in [0.05, 0.1) is 22.7 Å². The Kier molecular flexibility index (Phi) is 5.07. The fourth-order valence-electron chi connectivity index (χ4n) is 2.77. The highest BCUT2D eigenvalue weighted by atomic mass is 35.5. The number of carbonyl (C=O) groups is 2. The lowest BCUT2D eigenvalue weighted by Crippen LogP contribution is -2.64. The standard InChI is InChI=1S/C15H17ClN4O4S/c16-12-3-2-11(25-12)8-20-7-9(18-19-20)1-4-13(22)17-15(14(23)24)5-10(21)6-15/h2-3,7,10,21H,1,4-6,8H2,(H,17,22)(H,23,24). The molecule has 2 heterocycles. The molecule has 0 unspecified atom stereocenters. The van der Waals surface area contributed by atoms with Gasteiger partial charge in [0.15, 0.2) is 0 Å². The number of carboxylic acid groups (broad SMARTS) is 1. The molecular formula is C15H17ClN4O4S. The average molecular weight is 385 g/mol. The van der Waals surface area contributed by atoms with Crippen molar-refractivity contribution in [3.8, 4) is 0 Å². The van der Waals surface area contributed by atoms with Crippen LogP contribution in [-0.2, 0) is 22.6 Å². The lowest BCUT2D eigenvalue weighted by molar-refractivity contribution is -0.157. The van der Waals surface area contributed by atoms with Crippen LogP contribution >= 0.6 is 22.9 Å². The molecule has 2 aromatic rings. The van der Waals surface area contributed by atoms with Gasteiger partial charge in [-0.05, 0) is 12.1 Å². The van der Waals surface area contributed by atoms with Crippen LogP contribution in [0.3, 0.4) is 0 Å². The minimum atomic E-state index is -1.34. The van der Waals surface area contributed by atoms with Crippen LogP contribution < -0.4 is 5.32 Å². The number of hydrogen-bond acceptors (Lipinski definition) is 6. The maximum atomic E-state index is 12.0. The average Bonchev–Trinajstić information content (AvgIpc) is 3.12. The van der Waals surface area contributed by atoms with Crippen LogP contribution in [-0.4, -0.2) is 48.7 Å². The third-order valence-corrected chi connectivity index (χ3v) is 5.31. The highest BCUT2D eigenvalue weighted by molar-refractivity contribution is 7.16. The van der Waals surface area contributed by atoms with Gasteiger partial charge in [0.25, 0.3) is 0 Å². The van der Waals surface area contributed by atoms with Gasteiger partial charge in [0, 0.05) is 36.8 Å². The second-order valence-corrected chi connectivity index (χ2v) is 7.91. The molecule has 1 amide bonds. The first-order chi connectivity index (χ1) is 11.9. The number of aryl methyl sites for hydroxylation is 1. The van der Waals surface area contributed by atoms with Crippen molar-refractivity contribution < 1.29 is 19.8 Å². The lowest BCUT2D eigenvalue weighted by atomic mass is 9.74. The predicted octanol–water partition coefficient (Wildman–Crippen LogP) is 1.07. The lowest BCUT2D eigenvalue weighted by Gasteiger charge is -2.42. The minimum absolute atomic E-state index is 0.0353. The van der Waals surface area contributed by atoms with E-state index in [0.717, 1.165) is 4.88 Å². The first-order valence-electron chi connectivity index (χ1n) is 7.72. The van der Waals surface area contributed by atoms with E-state index in [2.05, 4.69) is 15.6 Å². The van der Waals surface area contributed by atoms with Gasteiger partial charge in [-0.15, -0.1) is 16.4 Å². The molecule has 0 aromatic carbocycles. The zero-order valence-corrected chi connectivity index (χ0v) is 14.8. The van der Waals surface area contributed by atoms with Crippen molar-refractivity contribution >= 4 is 34.8 Å². The van der Waals surface area contributed by atoms with Gasteiger partial charge in [0.2, 0.25) is 5.91 Å². The third kappa shape index (κ3) is 4.17. The molecule has 1 aliphatic rings. The Morgan fingerprint density at radius 2 is 2.20 bits per heavy atom. The van der Waals surface area contributed by atoms with Crippen molar-refractivity contribution in [2.75, 3.05) is 0 Å². The number of amides is 1. The second-order valence-electron chi connectivity index (χ2n) is 6.11. The van der Waals surface area contributed by atoms with Crippen LogP contribution in [0, 0.1) is 0 Å². The number of nitrogens with one attached hydrogen (secondary N) is 1. The van der Waals surface area contributed by atoms with E-state index in [-0.39, 0.29) is 25.2 Å². The van der Waals surface area contributed by atoms with Crippen LogP contribution in [0.2, 0.25) is 4.34 Å². The monoisotopic (exact) mass is 384 g/mol. The maximum Gasteiger partial charge on any atom is 0.329 e. The number of halogens is 1. The first-order valence-corrected chi connectivity index (χ1v) is 8.91. The molecule has 3 N–H and O–H groups in total. The highest BCUT2D eigenvalue weighted by Crippen LogP contribution is 2.32. The number of rotatable bonds is 7. The van der Waals surface area contributed by atoms with E-state index in [0.29, 0.717) is 23.0 Å². The minimum Gasteiger partial charge on any atom is -0.480 e. The molecule has 0 saturated heterocycles. The van der Waals surface area contributed by atoms with E-state index in [9.17, 15) is 19.8 Å². The molecule has 8 nitrogen and oxygen atoms in total. The number of nitrogens with zero attached hydrogens (tertiary/aromatic N) is 3. The van der Waals surface area contributed by atoms with Crippen molar-refractivity contribution in [1.29, 1.82) is 0 Å². The topological polar surface area (TPSA) is 117 Å². The summed E-state index contributed by atoms with van der Waals surface area (Å²) in [6.07, 6.45) is 1.61. The van der Waals surface area contributed by atoms with Gasteiger partial charge in [-0.1, -0.05) is 16.8 Å². The van der Waals surface area contributed by atoms with Crippen LogP contribution in [0.1, 0.15) is 29.8 Å². The Bertz CT molecular complexity index is 784. The Balaban J connectivity index is 1.50. The summed E-state index contributed by atoms with van der Waals surface area (Å²) in [6.45, 7) is 0.552. The molecule has 0 radical (unpaired) electrons. The number of thiophene rings is 1. The summed E-state index contributed by atoms with van der Waals surface area (Å²) < 4.78 is 2.37. The molecule has 0 spiro atoms. The molecule has 134 valence electrons. The molecule has 1 fully saturated rings. The Morgan fingerprint density at radius 1 is 1.44 bits per heavy atom. The number of carboxylic acids is 1. The van der Waals surface area contributed by atoms with Crippen LogP contribution in [0.4, 0.5) is 0 Å². The smallest absolute Gasteiger partial charge is 0.329 e. The van der Waals surface area contributed by atoms with Crippen molar-refractivity contribution in [2.45, 2.75) is 43.9 Å². The summed E-state index contributed by atoms with van der Waals surface area (Å²) in [6, 6.07) is 3.74. The van der Waals surface area contributed by atoms with Gasteiger partial charge in [-0.25, -0.2) is 9.48 Å². The Labute approximate surface area is 152 Å². The fourth-order valence-corrected chi connectivity index (χ4v) is 3.85. The predicted molar refractivity (Wildman–Crippen MR) is 90.5 cm³/mol. The summed E-state index contributed by atoms with van der Waals surface area (Å²) in [5.74, 6) is -1.50. The number of aliphatic hydroxyl groups excluding tert-OH is 1. The summed E-state index contributed by atoms with van der Waals surface area (Å²) in [5.41, 5.74) is -0.692. The number of hydrogen-bond donors (Lipinski definition) is 3. The first kappa shape index (κ1) is 17.8. The summed E-state index contributed by atoms with van der Waals surface area (Å²) >= 11 is 7.35. The highest BCUT2D eigenvalue weighted by Gasteiger charge is 2.51. The van der Waals surface area contributed by atoms with Crippen molar-refractivity contribution in [1.82, 2.24) is 20.3 Å². The number of aromatic nitrogens is 3. The molecule has 0 aliphatic heterocycles. The maximum absolute atomic E-state index is 12.0. The molecular weight excluding hydrogens is 368 g/mol. The molecule has 0 atom stereocenters. The Hall–Kier alpha value is -1.97. The summed E-state index contributed by atoms with van der Waals surface area (Å²) in [4.78, 5) is 24.3. The zero-order valence-electron chi connectivity index (χ0n) is 13.2. The largest absolute Gasteiger partial charge is 0.480 e. The molecule has 25 heavy (non-hydrogen) atoms. The Morgan fingerprint density at radius 3 is 2.80 bits per heavy atom. The molecule has 1 aliphatic carbocycles. The fraction of sp³-hybridized carbons (Fsp3) is 0.467. The number of aliphatic hydroxyl groups is 1. The van der Waals surface area contributed by atoms with E-state index >= 15 is 0 Å². The van der Waals surface area contributed by atoms with Crippen LogP contribution in [0.15, 0.2) is 18.3 Å². The van der Waals surface area contributed by atoms with Gasteiger partial charge >= 0.3 is 5.97 Å². The van der Waals surface area contributed by atoms with E-state index < -0.39 is 17.6 Å². The number of aliphatic carboxylic acids is 1. The zero-order chi connectivity index (χ0) is 18.0. The van der Waals surface area contributed by atoms with Gasteiger partial charge in [-0.2, -0.15) is 0 Å². The van der Waals surface area contributed by atoms with Crippen molar-refractivity contribution in [2.24, 2.45) is 0 Å². The van der Waals surface area contributed by atoms with Crippen molar-refractivity contribution in [3.63, 3.8) is 0 Å². The van der Waals surface area contributed by atoms with Crippen LogP contribution in [0.25, 0.3) is 0 Å². The van der Waals surface area contributed by atoms with Gasteiger partial charge < -0.3 is 15.5 Å². The van der Waals surface area contributed by atoms with E-state index in [1.807, 2.05) is 12.1 Å². The molecule has 3 rings (SSSR count). The van der Waals surface area contributed by atoms with Crippen molar-refractivity contribution in [3.05, 3.63) is 33.2 Å². The quantitative estimate of drug-likeness (QED) is 0.657. The third-order valence-electron chi connectivity index (χ3n) is 4.10. The second kappa shape index (κ2) is 7.11. The molecule has 2 aromatic heterocycles. The molecule has 0 bridgehead atoms. The van der Waals surface area contributed by atoms with Crippen LogP contribution in [0.5, 0.6) is 0 Å². The molecule has 1 saturated carbocycles. The van der Waals surface area contributed by atoms with Gasteiger partial charge in [0.1, 0.15) is 5.54 Å². The van der Waals surface area contributed by atoms with E-state index in [1.54, 1.807) is 10.9 Å². The summed E-state index contributed by atoms with van der Waals surface area (Å²) in [5, 5.41) is 29.1. The summed E-state index contributed by atoms with van der Waals surface area (Å²) in [7, 11) is 0. The molecule has 10 heteroatoms. The van der Waals surface area contributed by atoms with E-state index in [1.165, 1.54) is 11.3 Å². The SMILES string of the molecule is O=C(CCc1cn(Cc2ccc(Cl)s2)nn1)NC1(C(=O)O)CC(O)C1. The number of carbonyl (C=O) groups excluding carboxylic acids is 1. The normalized spacial score (nSPS) is 22.4. The van der Waals surface area contributed by atoms with E-state index in [4.69, 9.17) is 11.6 Å².